The number of nitrogens with one attached hydrogen (secondary N) is 2. The first kappa shape index (κ1) is 47.7. The van der Waals surface area contributed by atoms with Gasteiger partial charge in [0, 0.05) is 25.3 Å². The minimum atomic E-state index is -0.986. The van der Waals surface area contributed by atoms with E-state index < -0.39 is 41.7 Å². The molecule has 0 aromatic carbocycles. The molecule has 0 aromatic rings. The molecule has 0 aromatic heterocycles. The van der Waals surface area contributed by atoms with Crippen LogP contribution in [-0.2, 0) is 42.9 Å². The van der Waals surface area contributed by atoms with E-state index in [0.717, 1.165) is 83.5 Å². The fourth-order valence-corrected chi connectivity index (χ4v) is 11.8. The number of esters is 2. The Morgan fingerprint density at radius 1 is 0.541 bits per heavy atom. The van der Waals surface area contributed by atoms with E-state index in [0.29, 0.717) is 70.4 Å². The van der Waals surface area contributed by atoms with E-state index in [9.17, 15) is 39.4 Å². The van der Waals surface area contributed by atoms with Crippen LogP contribution in [0.25, 0.3) is 0 Å². The second-order valence-corrected chi connectivity index (χ2v) is 19.7. The van der Waals surface area contributed by atoms with Gasteiger partial charge in [-0.25, -0.2) is 5.48 Å². The van der Waals surface area contributed by atoms with Gasteiger partial charge in [-0.05, 0) is 146 Å². The first-order valence-electron chi connectivity index (χ1n) is 24.3. The molecule has 6 saturated carbocycles. The zero-order valence-corrected chi connectivity index (χ0v) is 36.5. The van der Waals surface area contributed by atoms with Crippen molar-refractivity contribution in [3.05, 3.63) is 0 Å². The van der Waals surface area contributed by atoms with Crippen LogP contribution in [0.15, 0.2) is 0 Å². The number of rotatable bonds is 19. The summed E-state index contributed by atoms with van der Waals surface area (Å²) in [6.07, 6.45) is 21.0. The number of carbonyl (C=O) groups is 5. The monoisotopic (exact) mass is 861 g/mol. The van der Waals surface area contributed by atoms with E-state index in [1.807, 2.05) is 0 Å². The molecule has 0 spiro atoms. The Hall–Kier alpha value is -2.81. The van der Waals surface area contributed by atoms with Gasteiger partial charge in [-0.1, -0.05) is 38.5 Å². The Morgan fingerprint density at radius 3 is 1.54 bits per heavy atom. The summed E-state index contributed by atoms with van der Waals surface area (Å²) in [6, 6.07) is -0.471. The molecule has 14 nitrogen and oxygen atoms in total. The van der Waals surface area contributed by atoms with Crippen LogP contribution in [0.3, 0.4) is 0 Å². The summed E-state index contributed by atoms with van der Waals surface area (Å²) in [5, 5.41) is 33.5. The Labute approximate surface area is 362 Å². The highest BCUT2D eigenvalue weighted by Gasteiger charge is 2.46. The van der Waals surface area contributed by atoms with Crippen LogP contribution in [0.4, 0.5) is 0 Å². The molecule has 0 aliphatic heterocycles. The van der Waals surface area contributed by atoms with Crippen molar-refractivity contribution in [3.8, 4) is 0 Å². The van der Waals surface area contributed by atoms with Crippen molar-refractivity contribution < 1.29 is 58.3 Å². The molecule has 14 heteroatoms. The van der Waals surface area contributed by atoms with Crippen LogP contribution in [-0.4, -0.2) is 95.9 Å². The van der Waals surface area contributed by atoms with Gasteiger partial charge in [-0.2, -0.15) is 0 Å². The first-order chi connectivity index (χ1) is 29.6. The number of carbonyl (C=O) groups excluding carboxylic acids is 3. The van der Waals surface area contributed by atoms with Gasteiger partial charge in [-0.15, -0.1) is 0 Å². The molecule has 6 fully saturated rings. The van der Waals surface area contributed by atoms with Crippen LogP contribution < -0.4 is 10.8 Å². The summed E-state index contributed by atoms with van der Waals surface area (Å²) >= 11 is 0. The third-order valence-corrected chi connectivity index (χ3v) is 15.6. The maximum atomic E-state index is 13.5. The summed E-state index contributed by atoms with van der Waals surface area (Å²) in [7, 11) is 0. The number of amides is 1. The Bertz CT molecular complexity index is 1400. The number of hydroxylamine groups is 1. The lowest BCUT2D eigenvalue weighted by Gasteiger charge is -2.42. The number of carboxylic acid groups (broad SMARTS) is 2. The molecule has 346 valence electrons. The summed E-state index contributed by atoms with van der Waals surface area (Å²) in [5.74, 6) is -5.08. The SMILES string of the molecule is O=C(OCC1CCCCC1)C1CCC(C(=O)O)C(C(=O)NC2CCC(OCCCOC3CCC(C(NO)C4CC(C(=O)OCC5CCCCC5)CCC4C(=O)O)CC3)CC2)C1. The van der Waals surface area contributed by atoms with Gasteiger partial charge in [0.1, 0.15) is 0 Å². The van der Waals surface area contributed by atoms with Gasteiger partial charge in [0.2, 0.25) is 5.91 Å². The number of hydrogen-bond donors (Lipinski definition) is 5. The van der Waals surface area contributed by atoms with Crippen LogP contribution in [0.5, 0.6) is 0 Å². The van der Waals surface area contributed by atoms with Gasteiger partial charge in [0.05, 0.1) is 55.0 Å². The minimum absolute atomic E-state index is 0.0541. The average Bonchev–Trinajstić information content (AvgIpc) is 3.28. The van der Waals surface area contributed by atoms with Crippen molar-refractivity contribution in [2.75, 3.05) is 26.4 Å². The molecular weight excluding hydrogens is 785 g/mol. The van der Waals surface area contributed by atoms with E-state index in [-0.39, 0.29) is 60.3 Å². The third kappa shape index (κ3) is 14.1. The summed E-state index contributed by atoms with van der Waals surface area (Å²) in [5.41, 5.74) is 2.50. The largest absolute Gasteiger partial charge is 0.481 e. The molecule has 0 heterocycles. The van der Waals surface area contributed by atoms with Gasteiger partial charge in [-0.3, -0.25) is 24.0 Å². The topological polar surface area (TPSA) is 207 Å². The molecule has 6 aliphatic carbocycles. The molecule has 6 rings (SSSR count). The summed E-state index contributed by atoms with van der Waals surface area (Å²) in [6.45, 7) is 2.00. The van der Waals surface area contributed by atoms with Crippen molar-refractivity contribution in [1.82, 2.24) is 10.8 Å². The fourth-order valence-electron chi connectivity index (χ4n) is 11.8. The average molecular weight is 861 g/mol. The molecule has 0 bridgehead atoms. The fraction of sp³-hybridized carbons (Fsp3) is 0.894. The van der Waals surface area contributed by atoms with Gasteiger partial charge < -0.3 is 39.7 Å². The van der Waals surface area contributed by atoms with Crippen molar-refractivity contribution in [3.63, 3.8) is 0 Å². The maximum Gasteiger partial charge on any atom is 0.308 e. The lowest BCUT2D eigenvalue weighted by atomic mass is 9.66. The highest BCUT2D eigenvalue weighted by Crippen LogP contribution is 2.42. The van der Waals surface area contributed by atoms with E-state index >= 15 is 0 Å². The predicted molar refractivity (Wildman–Crippen MR) is 224 cm³/mol. The zero-order valence-electron chi connectivity index (χ0n) is 36.5. The third-order valence-electron chi connectivity index (χ3n) is 15.6. The Balaban J connectivity index is 0.848. The quantitative estimate of drug-likeness (QED) is 0.0495. The number of ether oxygens (including phenoxy) is 4. The van der Waals surface area contributed by atoms with Crippen molar-refractivity contribution in [1.29, 1.82) is 0 Å². The molecule has 0 saturated heterocycles. The van der Waals surface area contributed by atoms with Crippen molar-refractivity contribution in [2.24, 2.45) is 53.3 Å². The summed E-state index contributed by atoms with van der Waals surface area (Å²) in [4.78, 5) is 63.9. The first-order valence-corrected chi connectivity index (χ1v) is 24.3. The maximum absolute atomic E-state index is 13.5. The predicted octanol–water partition coefficient (Wildman–Crippen LogP) is 7.22. The van der Waals surface area contributed by atoms with Crippen molar-refractivity contribution in [2.45, 2.75) is 185 Å². The van der Waals surface area contributed by atoms with Gasteiger partial charge in [0.25, 0.3) is 0 Å². The highest BCUT2D eigenvalue weighted by atomic mass is 16.5. The van der Waals surface area contributed by atoms with Crippen LogP contribution in [0.2, 0.25) is 0 Å². The standard InChI is InChI=1S/C47H76N2O12/c50-43(41-27-34(15-23-39(41)45(53)54)47(56)61-29-31-10-5-2-6-11-31)48-35-16-20-37(21-17-35)59-25-7-24-58-36-18-12-32(13-19-36)42(49-57)40-26-33(14-22-38(40)44(51)52)46(55)60-28-30-8-3-1-4-9-30/h30-42,49,57H,1-29H2,(H,48,50)(H,51,52)(H,53,54). The van der Waals surface area contributed by atoms with Gasteiger partial charge in [0.15, 0.2) is 0 Å². The van der Waals surface area contributed by atoms with Crippen LogP contribution in [0.1, 0.15) is 161 Å². The zero-order chi connectivity index (χ0) is 43.1. The molecule has 6 aliphatic rings. The van der Waals surface area contributed by atoms with Crippen LogP contribution in [0, 0.1) is 53.3 Å². The summed E-state index contributed by atoms with van der Waals surface area (Å²) < 4.78 is 23.9. The van der Waals surface area contributed by atoms with E-state index in [4.69, 9.17) is 18.9 Å². The molecule has 0 radical (unpaired) electrons. The lowest BCUT2D eigenvalue weighted by Crippen LogP contribution is -2.50. The van der Waals surface area contributed by atoms with Crippen molar-refractivity contribution >= 4 is 29.8 Å². The minimum Gasteiger partial charge on any atom is -0.481 e. The normalized spacial score (nSPS) is 33.5. The highest BCUT2D eigenvalue weighted by molar-refractivity contribution is 5.86. The molecule has 61 heavy (non-hydrogen) atoms. The molecule has 7 unspecified atom stereocenters. The smallest absolute Gasteiger partial charge is 0.308 e. The number of hydrogen-bond acceptors (Lipinski definition) is 11. The van der Waals surface area contributed by atoms with E-state index in [1.54, 1.807) is 0 Å². The Kier molecular flexibility index (Phi) is 19.0. The molecule has 1 amide bonds. The second-order valence-electron chi connectivity index (χ2n) is 19.7. The van der Waals surface area contributed by atoms with Crippen LogP contribution >= 0.6 is 0 Å². The second kappa shape index (κ2) is 24.3. The number of aliphatic carboxylic acids is 2. The Morgan fingerprint density at radius 2 is 1.03 bits per heavy atom. The molecular formula is C47H76N2O12. The lowest BCUT2D eigenvalue weighted by molar-refractivity contribution is -0.158. The molecule has 5 N–H and O–H groups in total. The van der Waals surface area contributed by atoms with E-state index in [1.165, 1.54) is 38.5 Å². The molecule has 7 atom stereocenters. The van der Waals surface area contributed by atoms with Gasteiger partial charge >= 0.3 is 23.9 Å². The number of carboxylic acids is 2. The van der Waals surface area contributed by atoms with E-state index in [2.05, 4.69) is 10.8 Å².